The molecule has 1 amide bonds. The number of carbonyl (C=O) groups excluding carboxylic acids is 1. The smallest absolute Gasteiger partial charge is 0.223 e. The molecule has 0 aromatic carbocycles. The van der Waals surface area contributed by atoms with Gasteiger partial charge >= 0.3 is 0 Å². The van der Waals surface area contributed by atoms with Crippen molar-refractivity contribution in [2.45, 2.75) is 69.2 Å². The maximum atomic E-state index is 12.0. The lowest BCUT2D eigenvalue weighted by Gasteiger charge is -2.30. The lowest BCUT2D eigenvalue weighted by atomic mass is 9.87. The van der Waals surface area contributed by atoms with E-state index in [-0.39, 0.29) is 23.2 Å². The molecule has 0 heterocycles. The zero-order valence-corrected chi connectivity index (χ0v) is 10.6. The Morgan fingerprint density at radius 3 is 2.25 bits per heavy atom. The minimum absolute atomic E-state index is 0.154. The van der Waals surface area contributed by atoms with Gasteiger partial charge in [0.2, 0.25) is 5.91 Å². The fourth-order valence-electron chi connectivity index (χ4n) is 2.91. The number of hydrogen-bond acceptors (Lipinski definition) is 1. The van der Waals surface area contributed by atoms with Crippen LogP contribution in [0.15, 0.2) is 0 Å². The summed E-state index contributed by atoms with van der Waals surface area (Å²) in [5.74, 6) is 0.525. The maximum Gasteiger partial charge on any atom is 0.223 e. The van der Waals surface area contributed by atoms with Gasteiger partial charge in [0, 0.05) is 12.0 Å². The van der Waals surface area contributed by atoms with E-state index in [0.29, 0.717) is 0 Å². The van der Waals surface area contributed by atoms with Crippen molar-refractivity contribution in [3.63, 3.8) is 0 Å². The van der Waals surface area contributed by atoms with Gasteiger partial charge in [0.1, 0.15) is 0 Å². The van der Waals surface area contributed by atoms with Gasteiger partial charge in [-0.3, -0.25) is 4.79 Å². The Bertz CT molecular complexity index is 238. The molecule has 0 aliphatic heterocycles. The van der Waals surface area contributed by atoms with Gasteiger partial charge in [-0.05, 0) is 25.7 Å². The third-order valence-electron chi connectivity index (χ3n) is 3.99. The molecular weight excluding hydrogens is 222 g/mol. The number of hydrogen-bond donors (Lipinski definition) is 1. The predicted octanol–water partition coefficient (Wildman–Crippen LogP) is 3.23. The van der Waals surface area contributed by atoms with Gasteiger partial charge in [-0.2, -0.15) is 0 Å². The first kappa shape index (κ1) is 12.2. The summed E-state index contributed by atoms with van der Waals surface area (Å²) in [6.07, 6.45) is 10.4. The van der Waals surface area contributed by atoms with Crippen LogP contribution < -0.4 is 5.32 Å². The van der Waals surface area contributed by atoms with Crippen LogP contribution in [0.5, 0.6) is 0 Å². The number of alkyl halides is 1. The highest BCUT2D eigenvalue weighted by molar-refractivity contribution is 6.21. The molecule has 3 heteroatoms. The monoisotopic (exact) mass is 243 g/mol. The Kier molecular flexibility index (Phi) is 4.51. The lowest BCUT2D eigenvalue weighted by Crippen LogP contribution is -2.45. The normalized spacial score (nSPS) is 32.3. The van der Waals surface area contributed by atoms with Crippen molar-refractivity contribution >= 4 is 17.5 Å². The van der Waals surface area contributed by atoms with E-state index in [9.17, 15) is 4.79 Å². The predicted molar refractivity (Wildman–Crippen MR) is 66.6 cm³/mol. The molecule has 1 N–H and O–H groups in total. The lowest BCUT2D eigenvalue weighted by molar-refractivity contribution is -0.126. The summed E-state index contributed by atoms with van der Waals surface area (Å²) < 4.78 is 0. The molecule has 0 aromatic heterocycles. The molecule has 2 unspecified atom stereocenters. The first-order valence-corrected chi connectivity index (χ1v) is 7.15. The quantitative estimate of drug-likeness (QED) is 0.742. The van der Waals surface area contributed by atoms with E-state index < -0.39 is 0 Å². The molecule has 0 radical (unpaired) electrons. The maximum absolute atomic E-state index is 12.0. The van der Waals surface area contributed by atoms with Crippen LogP contribution in [-0.2, 0) is 4.79 Å². The molecule has 0 bridgehead atoms. The zero-order valence-electron chi connectivity index (χ0n) is 9.88. The van der Waals surface area contributed by atoms with E-state index in [0.717, 1.165) is 25.7 Å². The van der Waals surface area contributed by atoms with Gasteiger partial charge in [0.05, 0.1) is 5.38 Å². The van der Waals surface area contributed by atoms with E-state index in [2.05, 4.69) is 5.32 Å². The molecule has 2 aliphatic rings. The van der Waals surface area contributed by atoms with Gasteiger partial charge in [-0.1, -0.05) is 32.1 Å². The SMILES string of the molecule is O=C(NC1CCCCC1Cl)C1CCCCC1. The van der Waals surface area contributed by atoms with Crippen LogP contribution in [0.2, 0.25) is 0 Å². The molecule has 2 saturated carbocycles. The molecule has 2 rings (SSSR count). The molecule has 16 heavy (non-hydrogen) atoms. The van der Waals surface area contributed by atoms with Crippen molar-refractivity contribution in [2.24, 2.45) is 5.92 Å². The molecule has 2 nitrogen and oxygen atoms in total. The third kappa shape index (κ3) is 3.13. The van der Waals surface area contributed by atoms with E-state index in [1.54, 1.807) is 0 Å². The molecule has 0 saturated heterocycles. The summed E-state index contributed by atoms with van der Waals surface area (Å²) in [5.41, 5.74) is 0. The van der Waals surface area contributed by atoms with Crippen LogP contribution in [0.1, 0.15) is 57.8 Å². The summed E-state index contributed by atoms with van der Waals surface area (Å²) in [5, 5.41) is 3.32. The number of amides is 1. The minimum Gasteiger partial charge on any atom is -0.352 e. The van der Waals surface area contributed by atoms with Gasteiger partial charge in [0.25, 0.3) is 0 Å². The first-order valence-electron chi connectivity index (χ1n) is 6.72. The molecule has 92 valence electrons. The van der Waals surface area contributed by atoms with E-state index in [1.807, 2.05) is 0 Å². The topological polar surface area (TPSA) is 29.1 Å². The van der Waals surface area contributed by atoms with Crippen LogP contribution in [0.3, 0.4) is 0 Å². The molecule has 2 fully saturated rings. The Labute approximate surface area is 103 Å². The average molecular weight is 244 g/mol. The van der Waals surface area contributed by atoms with Crippen molar-refractivity contribution in [1.82, 2.24) is 5.32 Å². The van der Waals surface area contributed by atoms with E-state index >= 15 is 0 Å². The highest BCUT2D eigenvalue weighted by atomic mass is 35.5. The van der Waals surface area contributed by atoms with Crippen LogP contribution in [0.4, 0.5) is 0 Å². The second-order valence-corrected chi connectivity index (χ2v) is 5.81. The molecule has 2 aliphatic carbocycles. The fraction of sp³-hybridized carbons (Fsp3) is 0.923. The van der Waals surface area contributed by atoms with Crippen molar-refractivity contribution in [3.05, 3.63) is 0 Å². The van der Waals surface area contributed by atoms with Gasteiger partial charge in [-0.15, -0.1) is 11.6 Å². The highest BCUT2D eigenvalue weighted by Gasteiger charge is 2.28. The Morgan fingerprint density at radius 1 is 0.938 bits per heavy atom. The number of halogens is 1. The molecule has 2 atom stereocenters. The highest BCUT2D eigenvalue weighted by Crippen LogP contribution is 2.26. The summed E-state index contributed by atoms with van der Waals surface area (Å²) >= 11 is 6.25. The summed E-state index contributed by atoms with van der Waals surface area (Å²) in [4.78, 5) is 12.0. The summed E-state index contributed by atoms with van der Waals surface area (Å²) in [6.45, 7) is 0. The number of carbonyl (C=O) groups is 1. The second-order valence-electron chi connectivity index (χ2n) is 5.25. The van der Waals surface area contributed by atoms with E-state index in [1.165, 1.54) is 32.1 Å². The third-order valence-corrected chi connectivity index (χ3v) is 4.51. The summed E-state index contributed by atoms with van der Waals surface area (Å²) in [6, 6.07) is 0.227. The van der Waals surface area contributed by atoms with Crippen LogP contribution in [0, 0.1) is 5.92 Å². The summed E-state index contributed by atoms with van der Waals surface area (Å²) in [7, 11) is 0. The number of rotatable bonds is 2. The van der Waals surface area contributed by atoms with Gasteiger partial charge < -0.3 is 5.32 Å². The Morgan fingerprint density at radius 2 is 1.56 bits per heavy atom. The Balaban J connectivity index is 1.80. The van der Waals surface area contributed by atoms with Crippen LogP contribution in [0.25, 0.3) is 0 Å². The molecule has 0 aromatic rings. The van der Waals surface area contributed by atoms with Crippen molar-refractivity contribution in [2.75, 3.05) is 0 Å². The van der Waals surface area contributed by atoms with Crippen molar-refractivity contribution in [1.29, 1.82) is 0 Å². The standard InChI is InChI=1S/C13H22ClNO/c14-11-8-4-5-9-12(11)15-13(16)10-6-2-1-3-7-10/h10-12H,1-9H2,(H,15,16). The average Bonchev–Trinajstić information content (AvgIpc) is 2.33. The first-order chi connectivity index (χ1) is 7.77. The number of nitrogens with one attached hydrogen (secondary N) is 1. The molecular formula is C13H22ClNO. The van der Waals surface area contributed by atoms with Gasteiger partial charge in [-0.25, -0.2) is 0 Å². The van der Waals surface area contributed by atoms with Crippen LogP contribution in [-0.4, -0.2) is 17.3 Å². The minimum atomic E-state index is 0.154. The largest absolute Gasteiger partial charge is 0.352 e. The molecule has 0 spiro atoms. The zero-order chi connectivity index (χ0) is 11.4. The fourth-order valence-corrected chi connectivity index (χ4v) is 3.26. The van der Waals surface area contributed by atoms with Crippen molar-refractivity contribution in [3.8, 4) is 0 Å². The van der Waals surface area contributed by atoms with Crippen LogP contribution >= 0.6 is 11.6 Å². The van der Waals surface area contributed by atoms with Crippen molar-refractivity contribution < 1.29 is 4.79 Å². The van der Waals surface area contributed by atoms with E-state index in [4.69, 9.17) is 11.6 Å². The Hall–Kier alpha value is -0.240. The second kappa shape index (κ2) is 5.90. The van der Waals surface area contributed by atoms with Gasteiger partial charge in [0.15, 0.2) is 0 Å².